The maximum absolute atomic E-state index is 14.0. The summed E-state index contributed by atoms with van der Waals surface area (Å²) >= 11 is 1.53. The summed E-state index contributed by atoms with van der Waals surface area (Å²) in [5.74, 6) is 0.107. The third-order valence-corrected chi connectivity index (χ3v) is 4.38. The third kappa shape index (κ3) is 7.14. The molecule has 2 aromatic rings. The predicted molar refractivity (Wildman–Crippen MR) is 103 cm³/mol. The lowest BCUT2D eigenvalue weighted by Gasteiger charge is -2.20. The molecule has 2 atom stereocenters. The number of pyridine rings is 1. The predicted octanol–water partition coefficient (Wildman–Crippen LogP) is 4.99. The first-order valence-electron chi connectivity index (χ1n) is 8.56. The minimum absolute atomic E-state index is 0.220. The number of halogens is 1. The Morgan fingerprint density at radius 2 is 1.88 bits per heavy atom. The van der Waals surface area contributed by atoms with Crippen LogP contribution in [0.4, 0.5) is 4.39 Å². The van der Waals surface area contributed by atoms with Gasteiger partial charge in [0.2, 0.25) is 0 Å². The van der Waals surface area contributed by atoms with E-state index in [4.69, 9.17) is 9.47 Å². The second-order valence-corrected chi connectivity index (χ2v) is 6.20. The van der Waals surface area contributed by atoms with Crippen molar-refractivity contribution in [2.24, 2.45) is 0 Å². The Kier molecular flexibility index (Phi) is 10.6. The van der Waals surface area contributed by atoms with Crippen molar-refractivity contribution in [3.63, 3.8) is 0 Å². The summed E-state index contributed by atoms with van der Waals surface area (Å²) in [5, 5.41) is 0. The van der Waals surface area contributed by atoms with Gasteiger partial charge >= 0.3 is 5.97 Å². The summed E-state index contributed by atoms with van der Waals surface area (Å²) in [7, 11) is 1.39. The lowest BCUT2D eigenvalue weighted by molar-refractivity contribution is -0.157. The van der Waals surface area contributed by atoms with E-state index in [1.807, 2.05) is 50.2 Å². The number of aromatic nitrogens is 1. The number of ether oxygens (including phenoxy) is 2. The van der Waals surface area contributed by atoms with Gasteiger partial charge < -0.3 is 9.47 Å². The topological polar surface area (TPSA) is 48.4 Å². The van der Waals surface area contributed by atoms with E-state index >= 15 is 0 Å². The average Bonchev–Trinajstić information content (AvgIpc) is 2.67. The van der Waals surface area contributed by atoms with Crippen LogP contribution in [0.2, 0.25) is 0 Å². The van der Waals surface area contributed by atoms with Gasteiger partial charge in [-0.25, -0.2) is 9.18 Å². The number of alkyl halides is 1. The molecule has 0 saturated heterocycles. The molecule has 4 nitrogen and oxygen atoms in total. The Bertz CT molecular complexity index is 653. The molecule has 2 unspecified atom stereocenters. The normalized spacial score (nSPS) is 12.5. The summed E-state index contributed by atoms with van der Waals surface area (Å²) in [4.78, 5) is 16.7. The van der Waals surface area contributed by atoms with Crippen molar-refractivity contribution in [2.75, 3.05) is 13.7 Å². The van der Waals surface area contributed by atoms with Crippen molar-refractivity contribution >= 4 is 17.7 Å². The number of nitrogens with zero attached hydrogens (tertiary/aromatic N) is 1. The molecular formula is C20H26FNO3S. The van der Waals surface area contributed by atoms with Crippen LogP contribution in [0, 0.1) is 0 Å². The van der Waals surface area contributed by atoms with E-state index in [2.05, 4.69) is 4.98 Å². The second kappa shape index (κ2) is 12.4. The van der Waals surface area contributed by atoms with E-state index in [1.165, 1.54) is 25.8 Å². The van der Waals surface area contributed by atoms with Crippen molar-refractivity contribution < 1.29 is 18.7 Å². The molecule has 0 fully saturated rings. The number of carbonyl (C=O) groups excluding carboxylic acids is 1. The van der Waals surface area contributed by atoms with Crippen LogP contribution < -0.4 is 0 Å². The van der Waals surface area contributed by atoms with E-state index in [-0.39, 0.29) is 6.61 Å². The Balaban J connectivity index is 0.00000163. The van der Waals surface area contributed by atoms with Crippen LogP contribution >= 0.6 is 11.8 Å². The van der Waals surface area contributed by atoms with Gasteiger partial charge in [0.25, 0.3) is 0 Å². The highest BCUT2D eigenvalue weighted by molar-refractivity contribution is 7.98. The van der Waals surface area contributed by atoms with Crippen LogP contribution in [0.15, 0.2) is 53.6 Å². The van der Waals surface area contributed by atoms with Crippen molar-refractivity contribution in [1.82, 2.24) is 4.98 Å². The number of rotatable bonds is 8. The van der Waals surface area contributed by atoms with Gasteiger partial charge in [0, 0.05) is 24.0 Å². The second-order valence-electron chi connectivity index (χ2n) is 5.18. The molecule has 6 heteroatoms. The molecule has 0 N–H and O–H groups in total. The molecule has 0 spiro atoms. The van der Waals surface area contributed by atoms with Gasteiger partial charge in [-0.1, -0.05) is 44.2 Å². The minimum atomic E-state index is -1.38. The van der Waals surface area contributed by atoms with E-state index in [9.17, 15) is 9.18 Å². The average molecular weight is 379 g/mol. The number of benzene rings is 1. The number of hydrogen-bond acceptors (Lipinski definition) is 5. The largest absolute Gasteiger partial charge is 0.451 e. The zero-order valence-electron chi connectivity index (χ0n) is 15.6. The molecule has 0 aliphatic heterocycles. The van der Waals surface area contributed by atoms with Crippen LogP contribution in [0.1, 0.15) is 38.1 Å². The van der Waals surface area contributed by atoms with Crippen molar-refractivity contribution in [3.8, 4) is 0 Å². The maximum Gasteiger partial charge on any atom is 0.332 e. The van der Waals surface area contributed by atoms with Crippen molar-refractivity contribution in [1.29, 1.82) is 0 Å². The smallest absolute Gasteiger partial charge is 0.332 e. The van der Waals surface area contributed by atoms with Gasteiger partial charge in [-0.15, -0.1) is 11.8 Å². The molecule has 26 heavy (non-hydrogen) atoms. The fourth-order valence-corrected chi connectivity index (χ4v) is 3.14. The Morgan fingerprint density at radius 1 is 1.19 bits per heavy atom. The zero-order chi connectivity index (χ0) is 19.4. The molecule has 1 aromatic carbocycles. The SMILES string of the molecule is CC.COCC(=O)OC(c1ncccc1SCc1ccccc1)C(C)F. The summed E-state index contributed by atoms with van der Waals surface area (Å²) in [5.41, 5.74) is 1.58. The van der Waals surface area contributed by atoms with Gasteiger partial charge in [-0.3, -0.25) is 4.98 Å². The molecule has 2 rings (SSSR count). The number of esters is 1. The molecule has 0 bridgehead atoms. The van der Waals surface area contributed by atoms with Crippen LogP contribution in [-0.2, 0) is 20.0 Å². The van der Waals surface area contributed by atoms with Crippen LogP contribution in [0.25, 0.3) is 0 Å². The molecular weight excluding hydrogens is 353 g/mol. The molecule has 1 heterocycles. The summed E-state index contributed by atoms with van der Waals surface area (Å²) in [6.07, 6.45) is -0.856. The van der Waals surface area contributed by atoms with Gasteiger partial charge in [0.1, 0.15) is 12.8 Å². The molecule has 0 saturated carbocycles. The summed E-state index contributed by atoms with van der Waals surface area (Å²) in [6.45, 7) is 5.13. The Hall–Kier alpha value is -1.92. The van der Waals surface area contributed by atoms with Gasteiger partial charge in [0.05, 0.1) is 5.69 Å². The quantitative estimate of drug-likeness (QED) is 0.478. The Labute approximate surface area is 159 Å². The highest BCUT2D eigenvalue weighted by atomic mass is 32.2. The summed E-state index contributed by atoms with van der Waals surface area (Å²) in [6, 6.07) is 13.6. The van der Waals surface area contributed by atoms with E-state index in [0.717, 1.165) is 16.2 Å². The highest BCUT2D eigenvalue weighted by Gasteiger charge is 2.27. The van der Waals surface area contributed by atoms with E-state index in [1.54, 1.807) is 12.3 Å². The van der Waals surface area contributed by atoms with Gasteiger partial charge in [0.15, 0.2) is 6.10 Å². The zero-order valence-corrected chi connectivity index (χ0v) is 16.5. The lowest BCUT2D eigenvalue weighted by atomic mass is 10.1. The highest BCUT2D eigenvalue weighted by Crippen LogP contribution is 2.32. The first-order chi connectivity index (χ1) is 12.6. The van der Waals surface area contributed by atoms with E-state index < -0.39 is 18.2 Å². The minimum Gasteiger partial charge on any atom is -0.451 e. The molecule has 0 radical (unpaired) electrons. The summed E-state index contributed by atoms with van der Waals surface area (Å²) < 4.78 is 24.0. The molecule has 0 aliphatic rings. The van der Waals surface area contributed by atoms with E-state index in [0.29, 0.717) is 5.69 Å². The molecule has 0 amide bonds. The third-order valence-electron chi connectivity index (χ3n) is 3.24. The molecule has 0 aliphatic carbocycles. The van der Waals surface area contributed by atoms with Crippen molar-refractivity contribution in [2.45, 2.75) is 43.7 Å². The van der Waals surface area contributed by atoms with Gasteiger partial charge in [-0.05, 0) is 24.6 Å². The van der Waals surface area contributed by atoms with Crippen LogP contribution in [0.3, 0.4) is 0 Å². The lowest BCUT2D eigenvalue weighted by Crippen LogP contribution is -2.22. The maximum atomic E-state index is 14.0. The first-order valence-corrected chi connectivity index (χ1v) is 9.54. The van der Waals surface area contributed by atoms with Crippen molar-refractivity contribution in [3.05, 3.63) is 59.9 Å². The van der Waals surface area contributed by atoms with Crippen LogP contribution in [0.5, 0.6) is 0 Å². The standard InChI is InChI=1S/C18H20FNO3S.C2H6/c1-13(19)18(23-16(21)11-22-2)17-15(9-6-10-20-17)24-12-14-7-4-3-5-8-14;1-2/h3-10,13,18H,11-12H2,1-2H3;1-2H3. The number of hydrogen-bond donors (Lipinski definition) is 0. The number of carbonyl (C=O) groups is 1. The monoisotopic (exact) mass is 379 g/mol. The number of methoxy groups -OCH3 is 1. The number of thioether (sulfide) groups is 1. The first kappa shape index (κ1) is 22.1. The molecule has 142 valence electrons. The fourth-order valence-electron chi connectivity index (χ4n) is 2.13. The fraction of sp³-hybridized carbons (Fsp3) is 0.400. The van der Waals surface area contributed by atoms with Gasteiger partial charge in [-0.2, -0.15) is 0 Å². The molecule has 1 aromatic heterocycles. The van der Waals surface area contributed by atoms with Crippen LogP contribution in [-0.4, -0.2) is 30.8 Å². The Morgan fingerprint density at radius 3 is 2.50 bits per heavy atom.